The number of aromatic nitrogens is 3. The van der Waals surface area contributed by atoms with Crippen molar-refractivity contribution in [3.8, 4) is 28.5 Å². The van der Waals surface area contributed by atoms with Crippen LogP contribution >= 0.6 is 0 Å². The molecule has 1 unspecified atom stereocenters. The number of benzene rings is 2. The Morgan fingerprint density at radius 1 is 1.03 bits per heavy atom. The van der Waals surface area contributed by atoms with Crippen molar-refractivity contribution in [2.24, 2.45) is 5.92 Å². The number of aromatic amines is 1. The lowest BCUT2D eigenvalue weighted by atomic mass is 9.96. The monoisotopic (exact) mass is 451 g/mol. The van der Waals surface area contributed by atoms with Gasteiger partial charge in [0.2, 0.25) is 0 Å². The number of nitrogens with one attached hydrogen (secondary N) is 1. The highest BCUT2D eigenvalue weighted by Crippen LogP contribution is 2.36. The first-order valence-corrected chi connectivity index (χ1v) is 11.7. The SMILES string of the molecule is O=C(CC1CC1)c1cc(Oc2ccc3c(c2)CC(c2ncc(-c4ccccc4)[nH]2)CO3)ccn1. The number of imidazole rings is 1. The maximum atomic E-state index is 12.4. The largest absolute Gasteiger partial charge is 0.493 e. The van der Waals surface area contributed by atoms with Crippen molar-refractivity contribution in [1.29, 1.82) is 0 Å². The van der Waals surface area contributed by atoms with E-state index in [-0.39, 0.29) is 11.7 Å². The molecule has 6 rings (SSSR count). The zero-order chi connectivity index (χ0) is 22.9. The fraction of sp³-hybridized carbons (Fsp3) is 0.250. The molecule has 0 radical (unpaired) electrons. The predicted molar refractivity (Wildman–Crippen MR) is 128 cm³/mol. The molecule has 6 heteroatoms. The minimum Gasteiger partial charge on any atom is -0.493 e. The third-order valence-corrected chi connectivity index (χ3v) is 6.43. The Bertz CT molecular complexity index is 1330. The summed E-state index contributed by atoms with van der Waals surface area (Å²) in [6.45, 7) is 0.575. The van der Waals surface area contributed by atoms with E-state index in [1.54, 1.807) is 18.3 Å². The Morgan fingerprint density at radius 3 is 2.74 bits per heavy atom. The first kappa shape index (κ1) is 20.7. The number of hydrogen-bond donors (Lipinski definition) is 1. The van der Waals surface area contributed by atoms with Crippen LogP contribution in [0, 0.1) is 5.92 Å². The molecule has 0 amide bonds. The molecule has 2 aromatic heterocycles. The van der Waals surface area contributed by atoms with Gasteiger partial charge in [-0.2, -0.15) is 0 Å². The maximum absolute atomic E-state index is 12.4. The number of ketones is 1. The number of fused-ring (bicyclic) bond motifs is 1. The zero-order valence-electron chi connectivity index (χ0n) is 18.7. The number of H-pyrrole nitrogens is 1. The Balaban J connectivity index is 1.17. The number of rotatable bonds is 7. The Morgan fingerprint density at radius 2 is 1.88 bits per heavy atom. The highest BCUT2D eigenvalue weighted by molar-refractivity contribution is 5.94. The summed E-state index contributed by atoms with van der Waals surface area (Å²) in [6.07, 6.45) is 7.18. The lowest BCUT2D eigenvalue weighted by Gasteiger charge is -2.24. The summed E-state index contributed by atoms with van der Waals surface area (Å²) in [5, 5.41) is 0. The van der Waals surface area contributed by atoms with E-state index in [0.29, 0.717) is 36.1 Å². The van der Waals surface area contributed by atoms with Crippen molar-refractivity contribution in [3.63, 3.8) is 0 Å². The van der Waals surface area contributed by atoms with Crippen LogP contribution in [-0.2, 0) is 6.42 Å². The second-order valence-electron chi connectivity index (χ2n) is 9.08. The van der Waals surface area contributed by atoms with E-state index in [1.165, 1.54) is 0 Å². The summed E-state index contributed by atoms with van der Waals surface area (Å²) in [5.41, 5.74) is 3.66. The highest BCUT2D eigenvalue weighted by Gasteiger charge is 2.26. The first-order valence-electron chi connectivity index (χ1n) is 11.7. The summed E-state index contributed by atoms with van der Waals surface area (Å²) in [7, 11) is 0. The first-order chi connectivity index (χ1) is 16.7. The minimum atomic E-state index is 0.0861. The molecule has 6 nitrogen and oxygen atoms in total. The van der Waals surface area contributed by atoms with Gasteiger partial charge in [0.25, 0.3) is 0 Å². The van der Waals surface area contributed by atoms with Gasteiger partial charge in [-0.1, -0.05) is 30.3 Å². The lowest BCUT2D eigenvalue weighted by Crippen LogP contribution is -2.20. The molecular weight excluding hydrogens is 426 g/mol. The molecule has 3 heterocycles. The van der Waals surface area contributed by atoms with Gasteiger partial charge in [-0.25, -0.2) is 4.98 Å². The van der Waals surface area contributed by atoms with Crippen LogP contribution in [0.3, 0.4) is 0 Å². The van der Waals surface area contributed by atoms with Crippen LogP contribution in [0.25, 0.3) is 11.3 Å². The molecule has 0 bridgehead atoms. The molecule has 170 valence electrons. The second kappa shape index (κ2) is 8.78. The molecule has 2 aliphatic rings. The molecule has 1 aliphatic carbocycles. The topological polar surface area (TPSA) is 77.1 Å². The summed E-state index contributed by atoms with van der Waals surface area (Å²) in [5.74, 6) is 3.86. The number of hydrogen-bond acceptors (Lipinski definition) is 5. The summed E-state index contributed by atoms with van der Waals surface area (Å²) < 4.78 is 12.1. The number of pyridine rings is 1. The van der Waals surface area contributed by atoms with Gasteiger partial charge in [-0.15, -0.1) is 0 Å². The van der Waals surface area contributed by atoms with Gasteiger partial charge in [0.15, 0.2) is 5.78 Å². The molecule has 1 aliphatic heterocycles. The predicted octanol–water partition coefficient (Wildman–Crippen LogP) is 5.97. The van der Waals surface area contributed by atoms with Crippen molar-refractivity contribution in [2.45, 2.75) is 31.6 Å². The van der Waals surface area contributed by atoms with Gasteiger partial charge in [-0.3, -0.25) is 9.78 Å². The summed E-state index contributed by atoms with van der Waals surface area (Å²) >= 11 is 0. The van der Waals surface area contributed by atoms with Gasteiger partial charge < -0.3 is 14.5 Å². The minimum absolute atomic E-state index is 0.0861. The maximum Gasteiger partial charge on any atom is 0.181 e. The molecule has 1 saturated carbocycles. The fourth-order valence-electron chi connectivity index (χ4n) is 4.37. The fourth-order valence-corrected chi connectivity index (χ4v) is 4.37. The van der Waals surface area contributed by atoms with Gasteiger partial charge in [0.1, 0.15) is 28.8 Å². The van der Waals surface area contributed by atoms with Crippen LogP contribution in [0.1, 0.15) is 47.1 Å². The van der Waals surface area contributed by atoms with Crippen molar-refractivity contribution < 1.29 is 14.3 Å². The number of Topliss-reactive ketones (excluding diaryl/α,β-unsaturated/α-hetero) is 1. The Kier molecular flexibility index (Phi) is 5.34. The zero-order valence-corrected chi connectivity index (χ0v) is 18.7. The van der Waals surface area contributed by atoms with E-state index in [4.69, 9.17) is 9.47 Å². The normalized spacial score (nSPS) is 17.0. The third-order valence-electron chi connectivity index (χ3n) is 6.43. The molecule has 0 saturated heterocycles. The molecule has 0 spiro atoms. The van der Waals surface area contributed by atoms with Crippen molar-refractivity contribution in [2.75, 3.05) is 6.61 Å². The number of ether oxygens (including phenoxy) is 2. The van der Waals surface area contributed by atoms with Gasteiger partial charge in [0, 0.05) is 18.7 Å². The van der Waals surface area contributed by atoms with Crippen LogP contribution in [0.2, 0.25) is 0 Å². The van der Waals surface area contributed by atoms with Crippen molar-refractivity contribution >= 4 is 5.78 Å². The average Bonchev–Trinajstić information content (AvgIpc) is 3.55. The van der Waals surface area contributed by atoms with E-state index in [2.05, 4.69) is 27.1 Å². The molecule has 4 aromatic rings. The Labute approximate surface area is 198 Å². The summed E-state index contributed by atoms with van der Waals surface area (Å²) in [6, 6.07) is 19.5. The van der Waals surface area contributed by atoms with E-state index in [0.717, 1.165) is 47.7 Å². The smallest absolute Gasteiger partial charge is 0.181 e. The van der Waals surface area contributed by atoms with Crippen molar-refractivity contribution in [1.82, 2.24) is 15.0 Å². The molecular formula is C28H25N3O3. The van der Waals surface area contributed by atoms with Gasteiger partial charge in [-0.05, 0) is 60.6 Å². The summed E-state index contributed by atoms with van der Waals surface area (Å²) in [4.78, 5) is 24.7. The van der Waals surface area contributed by atoms with Crippen LogP contribution in [0.5, 0.6) is 17.2 Å². The molecule has 1 N–H and O–H groups in total. The standard InChI is InChI=1S/C28H25N3O3/c32-26(12-18-6-7-18)24-15-23(10-11-29-24)34-22-8-9-27-20(14-22)13-21(17-33-27)28-30-16-25(31-28)19-4-2-1-3-5-19/h1-5,8-11,14-16,18,21H,6-7,12-13,17H2,(H,30,31). The van der Waals surface area contributed by atoms with Crippen LogP contribution in [0.4, 0.5) is 0 Å². The van der Waals surface area contributed by atoms with Crippen molar-refractivity contribution in [3.05, 3.63) is 90.1 Å². The quantitative estimate of drug-likeness (QED) is 0.351. The Hall–Kier alpha value is -3.93. The lowest BCUT2D eigenvalue weighted by molar-refractivity contribution is 0.0971. The average molecular weight is 452 g/mol. The second-order valence-corrected chi connectivity index (χ2v) is 9.08. The van der Waals surface area contributed by atoms with E-state index >= 15 is 0 Å². The van der Waals surface area contributed by atoms with E-state index < -0.39 is 0 Å². The van der Waals surface area contributed by atoms with Crippen LogP contribution in [-0.4, -0.2) is 27.3 Å². The number of carbonyl (C=O) groups is 1. The molecule has 1 fully saturated rings. The van der Waals surface area contributed by atoms with Crippen LogP contribution < -0.4 is 9.47 Å². The molecule has 1 atom stereocenters. The molecule has 34 heavy (non-hydrogen) atoms. The van der Waals surface area contributed by atoms with E-state index in [1.807, 2.05) is 42.6 Å². The van der Waals surface area contributed by atoms with Gasteiger partial charge >= 0.3 is 0 Å². The number of carbonyl (C=O) groups excluding carboxylic acids is 1. The van der Waals surface area contributed by atoms with Gasteiger partial charge in [0.05, 0.1) is 24.4 Å². The number of nitrogens with zero attached hydrogens (tertiary/aromatic N) is 2. The third kappa shape index (κ3) is 4.44. The van der Waals surface area contributed by atoms with Crippen LogP contribution in [0.15, 0.2) is 73.1 Å². The molecule has 2 aromatic carbocycles. The van der Waals surface area contributed by atoms with E-state index in [9.17, 15) is 4.79 Å². The highest BCUT2D eigenvalue weighted by atomic mass is 16.5.